The molecule has 1 saturated heterocycles. The first-order valence-electron chi connectivity index (χ1n) is 10.4. The molecule has 0 atom stereocenters. The van der Waals surface area contributed by atoms with Crippen LogP contribution in [0, 0.1) is 5.82 Å². The van der Waals surface area contributed by atoms with E-state index in [-0.39, 0.29) is 11.4 Å². The average molecular weight is 378 g/mol. The third-order valence-electron chi connectivity index (χ3n) is 5.74. The van der Waals surface area contributed by atoms with Gasteiger partial charge >= 0.3 is 5.97 Å². The van der Waals surface area contributed by atoms with E-state index in [1.165, 1.54) is 50.6 Å². The first-order chi connectivity index (χ1) is 13.1. The fourth-order valence-corrected chi connectivity index (χ4v) is 4.07. The molecule has 1 aromatic rings. The number of rotatable bonds is 8. The molecule has 2 fully saturated rings. The molecule has 2 aliphatic rings. The van der Waals surface area contributed by atoms with E-state index < -0.39 is 11.8 Å². The zero-order valence-electron chi connectivity index (χ0n) is 16.5. The Hall–Kier alpha value is -1.62. The summed E-state index contributed by atoms with van der Waals surface area (Å²) >= 11 is 0. The molecule has 1 aliphatic carbocycles. The summed E-state index contributed by atoms with van der Waals surface area (Å²) in [6.45, 7) is 5.86. The van der Waals surface area contributed by atoms with E-state index in [2.05, 4.69) is 4.90 Å². The molecule has 150 valence electrons. The van der Waals surface area contributed by atoms with Crippen molar-refractivity contribution in [3.8, 4) is 5.75 Å². The highest BCUT2D eigenvalue weighted by atomic mass is 19.1. The van der Waals surface area contributed by atoms with Crippen LogP contribution < -0.4 is 4.74 Å². The summed E-state index contributed by atoms with van der Waals surface area (Å²) in [5.41, 5.74) is 0.0155. The Balaban J connectivity index is 1.44. The van der Waals surface area contributed by atoms with Crippen molar-refractivity contribution in [2.45, 2.75) is 70.3 Å². The van der Waals surface area contributed by atoms with Gasteiger partial charge in [-0.3, -0.25) is 0 Å². The molecule has 1 heterocycles. The lowest BCUT2D eigenvalue weighted by molar-refractivity contribution is 0.0491. The van der Waals surface area contributed by atoms with Crippen LogP contribution in [0.2, 0.25) is 0 Å². The second-order valence-corrected chi connectivity index (χ2v) is 8.15. The lowest BCUT2D eigenvalue weighted by atomic mass is 10.1. The minimum Gasteiger partial charge on any atom is -0.484 e. The molecule has 0 bridgehead atoms. The monoisotopic (exact) mass is 377 g/mol. The normalized spacial score (nSPS) is 19.8. The Kier molecular flexibility index (Phi) is 7.11. The zero-order valence-corrected chi connectivity index (χ0v) is 16.5. The molecule has 1 aromatic carbocycles. The standard InChI is InChI=1S/C22H32FNO3/c1-22(11-3-4-12-22)27-20-17-18(9-10-19(20)23)21(25)26-16-8-7-15-24-13-5-2-6-14-24/h9-10,17H,2-8,11-16H2,1H3. The van der Waals surface area contributed by atoms with Crippen molar-refractivity contribution in [1.82, 2.24) is 4.90 Å². The fourth-order valence-electron chi connectivity index (χ4n) is 4.07. The Labute approximate surface area is 162 Å². The number of hydrogen-bond acceptors (Lipinski definition) is 4. The number of benzene rings is 1. The van der Waals surface area contributed by atoms with Gasteiger partial charge in [0.2, 0.25) is 0 Å². The summed E-state index contributed by atoms with van der Waals surface area (Å²) in [6.07, 6.45) is 9.84. The number of piperidine rings is 1. The van der Waals surface area contributed by atoms with Gasteiger partial charge in [0.1, 0.15) is 5.60 Å². The van der Waals surface area contributed by atoms with Crippen molar-refractivity contribution in [1.29, 1.82) is 0 Å². The lowest BCUT2D eigenvalue weighted by Crippen LogP contribution is -2.30. The van der Waals surface area contributed by atoms with Crippen molar-refractivity contribution in [2.75, 3.05) is 26.2 Å². The number of esters is 1. The van der Waals surface area contributed by atoms with E-state index in [1.807, 2.05) is 6.92 Å². The summed E-state index contributed by atoms with van der Waals surface area (Å²) < 4.78 is 25.4. The van der Waals surface area contributed by atoms with Crippen molar-refractivity contribution < 1.29 is 18.7 Å². The van der Waals surface area contributed by atoms with Gasteiger partial charge in [-0.2, -0.15) is 0 Å². The Bertz CT molecular complexity index is 622. The van der Waals surface area contributed by atoms with Crippen LogP contribution in [0.25, 0.3) is 0 Å². The van der Waals surface area contributed by atoms with Gasteiger partial charge < -0.3 is 14.4 Å². The van der Waals surface area contributed by atoms with Gasteiger partial charge in [-0.15, -0.1) is 0 Å². The first-order valence-corrected chi connectivity index (χ1v) is 10.4. The van der Waals surface area contributed by atoms with Crippen LogP contribution in [0.4, 0.5) is 4.39 Å². The number of halogens is 1. The highest BCUT2D eigenvalue weighted by molar-refractivity contribution is 5.89. The van der Waals surface area contributed by atoms with E-state index in [0.717, 1.165) is 45.1 Å². The van der Waals surface area contributed by atoms with Gasteiger partial charge in [-0.1, -0.05) is 6.42 Å². The summed E-state index contributed by atoms with van der Waals surface area (Å²) in [7, 11) is 0. The van der Waals surface area contributed by atoms with Gasteiger partial charge in [-0.25, -0.2) is 9.18 Å². The predicted molar refractivity (Wildman–Crippen MR) is 104 cm³/mol. The van der Waals surface area contributed by atoms with Crippen LogP contribution in [-0.2, 0) is 4.74 Å². The van der Waals surface area contributed by atoms with Crippen molar-refractivity contribution >= 4 is 5.97 Å². The first kappa shape index (κ1) is 20.1. The zero-order chi connectivity index (χ0) is 19.1. The second kappa shape index (κ2) is 9.54. The minimum atomic E-state index is -0.429. The third kappa shape index (κ3) is 5.93. The molecule has 0 spiro atoms. The van der Waals surface area contributed by atoms with Crippen LogP contribution in [0.1, 0.15) is 75.1 Å². The molecular formula is C22H32FNO3. The van der Waals surface area contributed by atoms with E-state index in [4.69, 9.17) is 9.47 Å². The van der Waals surface area contributed by atoms with Crippen LogP contribution in [0.3, 0.4) is 0 Å². The van der Waals surface area contributed by atoms with Gasteiger partial charge in [-0.05, 0) is 96.1 Å². The Morgan fingerprint density at radius 3 is 2.59 bits per heavy atom. The quantitative estimate of drug-likeness (QED) is 0.474. The molecule has 1 saturated carbocycles. The summed E-state index contributed by atoms with van der Waals surface area (Å²) in [5.74, 6) is -0.686. The van der Waals surface area contributed by atoms with Crippen LogP contribution in [0.5, 0.6) is 5.75 Å². The van der Waals surface area contributed by atoms with Gasteiger partial charge in [0.25, 0.3) is 0 Å². The maximum absolute atomic E-state index is 14.1. The molecular weight excluding hydrogens is 345 g/mol. The number of nitrogens with zero attached hydrogens (tertiary/aromatic N) is 1. The van der Waals surface area contributed by atoms with Crippen molar-refractivity contribution in [2.24, 2.45) is 0 Å². The van der Waals surface area contributed by atoms with Gasteiger partial charge in [0.15, 0.2) is 11.6 Å². The van der Waals surface area contributed by atoms with Crippen LogP contribution in [0.15, 0.2) is 18.2 Å². The number of ether oxygens (including phenoxy) is 2. The van der Waals surface area contributed by atoms with Crippen LogP contribution >= 0.6 is 0 Å². The number of hydrogen-bond donors (Lipinski definition) is 0. The largest absolute Gasteiger partial charge is 0.484 e. The molecule has 5 heteroatoms. The number of carbonyl (C=O) groups excluding carboxylic acids is 1. The second-order valence-electron chi connectivity index (χ2n) is 8.15. The van der Waals surface area contributed by atoms with E-state index in [9.17, 15) is 9.18 Å². The topological polar surface area (TPSA) is 38.8 Å². The van der Waals surface area contributed by atoms with Crippen molar-refractivity contribution in [3.63, 3.8) is 0 Å². The molecule has 0 unspecified atom stereocenters. The summed E-state index contributed by atoms with van der Waals surface area (Å²) in [6, 6.07) is 4.24. The number of likely N-dealkylation sites (tertiary alicyclic amines) is 1. The number of unbranched alkanes of at least 4 members (excludes halogenated alkanes) is 1. The lowest BCUT2D eigenvalue weighted by Gasteiger charge is -2.26. The summed E-state index contributed by atoms with van der Waals surface area (Å²) in [5, 5.41) is 0. The Morgan fingerprint density at radius 2 is 1.85 bits per heavy atom. The van der Waals surface area contributed by atoms with E-state index in [1.54, 1.807) is 0 Å². The SMILES string of the molecule is CC1(Oc2cc(C(=O)OCCCCN3CCCCC3)ccc2F)CCCC1. The number of carbonyl (C=O) groups is 1. The van der Waals surface area contributed by atoms with Gasteiger partial charge in [0, 0.05) is 0 Å². The molecule has 0 aromatic heterocycles. The van der Waals surface area contributed by atoms with Crippen LogP contribution in [-0.4, -0.2) is 42.7 Å². The average Bonchev–Trinajstić information content (AvgIpc) is 3.10. The minimum absolute atomic E-state index is 0.152. The molecule has 3 rings (SSSR count). The summed E-state index contributed by atoms with van der Waals surface area (Å²) in [4.78, 5) is 14.8. The fraction of sp³-hybridized carbons (Fsp3) is 0.682. The predicted octanol–water partition coefficient (Wildman–Crippen LogP) is 4.96. The molecule has 0 radical (unpaired) electrons. The third-order valence-corrected chi connectivity index (χ3v) is 5.74. The van der Waals surface area contributed by atoms with Crippen molar-refractivity contribution in [3.05, 3.63) is 29.6 Å². The Morgan fingerprint density at radius 1 is 1.11 bits per heavy atom. The molecule has 1 aliphatic heterocycles. The maximum atomic E-state index is 14.1. The molecule has 0 N–H and O–H groups in total. The smallest absolute Gasteiger partial charge is 0.338 e. The maximum Gasteiger partial charge on any atom is 0.338 e. The van der Waals surface area contributed by atoms with E-state index >= 15 is 0 Å². The molecule has 0 amide bonds. The highest BCUT2D eigenvalue weighted by Gasteiger charge is 2.31. The van der Waals surface area contributed by atoms with E-state index in [0.29, 0.717) is 12.2 Å². The highest BCUT2D eigenvalue weighted by Crippen LogP contribution is 2.35. The molecule has 4 nitrogen and oxygen atoms in total. The van der Waals surface area contributed by atoms with Gasteiger partial charge in [0.05, 0.1) is 12.2 Å². The molecule has 27 heavy (non-hydrogen) atoms.